The van der Waals surface area contributed by atoms with Crippen molar-refractivity contribution in [2.75, 3.05) is 5.32 Å². The summed E-state index contributed by atoms with van der Waals surface area (Å²) in [5.74, 6) is 0.571. The first-order chi connectivity index (χ1) is 8.74. The van der Waals surface area contributed by atoms with Crippen molar-refractivity contribution in [2.45, 2.75) is 12.8 Å². The van der Waals surface area contributed by atoms with Gasteiger partial charge in [-0.25, -0.2) is 0 Å². The predicted molar refractivity (Wildman–Crippen MR) is 66.0 cm³/mol. The molecular formula is C11H10ClN5O. The molecule has 92 valence electrons. The minimum absolute atomic E-state index is 0.0158. The first-order valence-electron chi connectivity index (χ1n) is 5.58. The third-order valence-electron chi connectivity index (χ3n) is 2.77. The number of benzene rings is 1. The van der Waals surface area contributed by atoms with Gasteiger partial charge < -0.3 is 5.32 Å². The molecule has 0 bridgehead atoms. The molecule has 0 atom stereocenters. The van der Waals surface area contributed by atoms with E-state index in [1.54, 1.807) is 18.2 Å². The third kappa shape index (κ3) is 2.19. The average Bonchev–Trinajstić information content (AvgIpc) is 3.07. The van der Waals surface area contributed by atoms with Crippen molar-refractivity contribution in [2.24, 2.45) is 5.92 Å². The number of amides is 1. The molecule has 0 radical (unpaired) electrons. The molecular weight excluding hydrogens is 254 g/mol. The van der Waals surface area contributed by atoms with Crippen LogP contribution in [-0.4, -0.2) is 26.5 Å². The molecule has 1 aromatic heterocycles. The maximum atomic E-state index is 11.8. The third-order valence-corrected chi connectivity index (χ3v) is 3.01. The molecule has 0 unspecified atom stereocenters. The molecule has 7 heteroatoms. The Balaban J connectivity index is 1.95. The summed E-state index contributed by atoms with van der Waals surface area (Å²) in [6, 6.07) is 5.17. The average molecular weight is 264 g/mol. The van der Waals surface area contributed by atoms with Crippen LogP contribution in [0.5, 0.6) is 0 Å². The Morgan fingerprint density at radius 2 is 2.28 bits per heavy atom. The second-order valence-electron chi connectivity index (χ2n) is 4.19. The second kappa shape index (κ2) is 4.38. The maximum Gasteiger partial charge on any atom is 0.227 e. The molecule has 1 saturated carbocycles. The van der Waals surface area contributed by atoms with Gasteiger partial charge in [-0.2, -0.15) is 5.21 Å². The number of nitrogens with zero attached hydrogens (tertiary/aromatic N) is 3. The van der Waals surface area contributed by atoms with Gasteiger partial charge in [0.1, 0.15) is 0 Å². The minimum atomic E-state index is 0.0158. The summed E-state index contributed by atoms with van der Waals surface area (Å²) in [5, 5.41) is 17.1. The van der Waals surface area contributed by atoms with Gasteiger partial charge in [0, 0.05) is 16.5 Å². The summed E-state index contributed by atoms with van der Waals surface area (Å²) >= 11 is 5.94. The summed E-state index contributed by atoms with van der Waals surface area (Å²) in [6.45, 7) is 0. The Morgan fingerprint density at radius 1 is 1.44 bits per heavy atom. The fraction of sp³-hybridized carbons (Fsp3) is 0.273. The molecule has 18 heavy (non-hydrogen) atoms. The van der Waals surface area contributed by atoms with Crippen molar-refractivity contribution < 1.29 is 4.79 Å². The molecule has 1 aromatic carbocycles. The smallest absolute Gasteiger partial charge is 0.227 e. The summed E-state index contributed by atoms with van der Waals surface area (Å²) in [7, 11) is 0. The Bertz CT molecular complexity index is 579. The molecule has 0 spiro atoms. The van der Waals surface area contributed by atoms with Crippen LogP contribution in [0.2, 0.25) is 5.02 Å². The summed E-state index contributed by atoms with van der Waals surface area (Å²) in [6.07, 6.45) is 1.90. The number of tetrazole rings is 1. The predicted octanol–water partition coefficient (Wildman–Crippen LogP) is 1.87. The van der Waals surface area contributed by atoms with E-state index in [0.29, 0.717) is 22.1 Å². The van der Waals surface area contributed by atoms with E-state index in [4.69, 9.17) is 11.6 Å². The number of anilines is 1. The Morgan fingerprint density at radius 3 is 2.94 bits per heavy atom. The van der Waals surface area contributed by atoms with Crippen LogP contribution in [0.3, 0.4) is 0 Å². The molecule has 1 aliphatic carbocycles. The zero-order valence-corrected chi connectivity index (χ0v) is 10.1. The van der Waals surface area contributed by atoms with Gasteiger partial charge >= 0.3 is 0 Å². The zero-order valence-electron chi connectivity index (χ0n) is 9.35. The van der Waals surface area contributed by atoms with Gasteiger partial charge in [-0.1, -0.05) is 11.6 Å². The number of nitrogens with one attached hydrogen (secondary N) is 2. The molecule has 3 rings (SSSR count). The van der Waals surface area contributed by atoms with Crippen molar-refractivity contribution in [3.8, 4) is 11.4 Å². The highest BCUT2D eigenvalue weighted by Gasteiger charge is 2.30. The van der Waals surface area contributed by atoms with Crippen LogP contribution in [0.15, 0.2) is 18.2 Å². The van der Waals surface area contributed by atoms with E-state index in [1.165, 1.54) is 0 Å². The van der Waals surface area contributed by atoms with Gasteiger partial charge in [0.05, 0.1) is 5.69 Å². The van der Waals surface area contributed by atoms with Crippen LogP contribution in [-0.2, 0) is 4.79 Å². The highest BCUT2D eigenvalue weighted by Crippen LogP contribution is 2.33. The van der Waals surface area contributed by atoms with E-state index in [2.05, 4.69) is 25.9 Å². The molecule has 0 saturated heterocycles. The van der Waals surface area contributed by atoms with E-state index in [-0.39, 0.29) is 11.8 Å². The van der Waals surface area contributed by atoms with Crippen molar-refractivity contribution >= 4 is 23.2 Å². The molecule has 6 nitrogen and oxygen atoms in total. The Labute approximate surface area is 108 Å². The lowest BCUT2D eigenvalue weighted by Crippen LogP contribution is -2.14. The fourth-order valence-corrected chi connectivity index (χ4v) is 1.84. The lowest BCUT2D eigenvalue weighted by molar-refractivity contribution is -0.117. The number of aromatic nitrogens is 4. The van der Waals surface area contributed by atoms with E-state index in [9.17, 15) is 4.79 Å². The second-order valence-corrected chi connectivity index (χ2v) is 4.63. The van der Waals surface area contributed by atoms with Crippen molar-refractivity contribution in [3.63, 3.8) is 0 Å². The normalized spacial score (nSPS) is 14.5. The number of hydrogen-bond acceptors (Lipinski definition) is 4. The number of halogens is 1. The van der Waals surface area contributed by atoms with Gasteiger partial charge in [0.15, 0.2) is 0 Å². The molecule has 0 aliphatic heterocycles. The fourth-order valence-electron chi connectivity index (χ4n) is 1.67. The summed E-state index contributed by atoms with van der Waals surface area (Å²) < 4.78 is 0. The van der Waals surface area contributed by atoms with Crippen LogP contribution in [0.25, 0.3) is 11.4 Å². The quantitative estimate of drug-likeness (QED) is 0.885. The molecule has 2 N–H and O–H groups in total. The van der Waals surface area contributed by atoms with E-state index in [1.807, 2.05) is 0 Å². The zero-order chi connectivity index (χ0) is 12.5. The van der Waals surface area contributed by atoms with E-state index in [0.717, 1.165) is 12.8 Å². The van der Waals surface area contributed by atoms with Gasteiger partial charge in [0.25, 0.3) is 0 Å². The van der Waals surface area contributed by atoms with Crippen LogP contribution < -0.4 is 5.32 Å². The first-order valence-corrected chi connectivity index (χ1v) is 5.96. The molecule has 1 amide bonds. The maximum absolute atomic E-state index is 11.8. The number of rotatable bonds is 3. The first kappa shape index (κ1) is 11.2. The largest absolute Gasteiger partial charge is 0.325 e. The number of aromatic amines is 1. The number of H-pyrrole nitrogens is 1. The summed E-state index contributed by atoms with van der Waals surface area (Å²) in [4.78, 5) is 11.8. The number of carbonyl (C=O) groups is 1. The number of hydrogen-bond donors (Lipinski definition) is 2. The monoisotopic (exact) mass is 263 g/mol. The lowest BCUT2D eigenvalue weighted by Gasteiger charge is -2.08. The van der Waals surface area contributed by atoms with Crippen LogP contribution in [0, 0.1) is 5.92 Å². The number of carbonyl (C=O) groups excluding carboxylic acids is 1. The topological polar surface area (TPSA) is 83.6 Å². The van der Waals surface area contributed by atoms with Gasteiger partial charge in [-0.15, -0.1) is 10.2 Å². The van der Waals surface area contributed by atoms with Crippen LogP contribution >= 0.6 is 11.6 Å². The summed E-state index contributed by atoms with van der Waals surface area (Å²) in [5.41, 5.74) is 1.31. The van der Waals surface area contributed by atoms with E-state index < -0.39 is 0 Å². The molecule has 1 fully saturated rings. The van der Waals surface area contributed by atoms with Crippen LogP contribution in [0.4, 0.5) is 5.69 Å². The Kier molecular flexibility index (Phi) is 2.71. The van der Waals surface area contributed by atoms with Crippen molar-refractivity contribution in [1.82, 2.24) is 20.6 Å². The highest BCUT2D eigenvalue weighted by molar-refractivity contribution is 6.31. The van der Waals surface area contributed by atoms with Crippen molar-refractivity contribution in [3.05, 3.63) is 23.2 Å². The molecule has 2 aromatic rings. The van der Waals surface area contributed by atoms with Crippen molar-refractivity contribution in [1.29, 1.82) is 0 Å². The minimum Gasteiger partial charge on any atom is -0.325 e. The van der Waals surface area contributed by atoms with Gasteiger partial charge in [-0.3, -0.25) is 4.79 Å². The highest BCUT2D eigenvalue weighted by atomic mass is 35.5. The Hall–Kier alpha value is -1.95. The molecule has 1 aliphatic rings. The molecule has 1 heterocycles. The van der Waals surface area contributed by atoms with Gasteiger partial charge in [-0.05, 0) is 36.3 Å². The van der Waals surface area contributed by atoms with E-state index >= 15 is 0 Å². The van der Waals surface area contributed by atoms with Gasteiger partial charge in [0.2, 0.25) is 11.7 Å². The SMILES string of the molecule is O=C(Nc1cc(Cl)ccc1-c1nn[nH]n1)C1CC1. The standard InChI is InChI=1S/C11H10ClN5O/c12-7-3-4-8(10-14-16-17-15-10)9(5-7)13-11(18)6-1-2-6/h3-6H,1-2H2,(H,13,18)(H,14,15,16,17). The van der Waals surface area contributed by atoms with Crippen LogP contribution in [0.1, 0.15) is 12.8 Å². The lowest BCUT2D eigenvalue weighted by atomic mass is 10.1.